The minimum absolute atomic E-state index is 0.187. The van der Waals surface area contributed by atoms with Gasteiger partial charge in [-0.25, -0.2) is 4.79 Å². The van der Waals surface area contributed by atoms with E-state index in [0.717, 1.165) is 33.3 Å². The van der Waals surface area contributed by atoms with E-state index in [1.54, 1.807) is 24.3 Å². The van der Waals surface area contributed by atoms with E-state index < -0.39 is 41.1 Å². The van der Waals surface area contributed by atoms with Crippen LogP contribution in [0.15, 0.2) is 33.9 Å². The second kappa shape index (κ2) is 9.38. The summed E-state index contributed by atoms with van der Waals surface area (Å²) in [4.78, 5) is 51.1. The lowest BCUT2D eigenvalue weighted by Gasteiger charge is -2.27. The molecule has 31 heavy (non-hydrogen) atoms. The first-order valence-corrected chi connectivity index (χ1v) is 10.4. The molecule has 3 rings (SSSR count). The second-order valence-electron chi connectivity index (χ2n) is 7.68. The smallest absolute Gasteiger partial charge is 0.334 e. The number of likely N-dealkylation sites (N-methyl/N-ethyl adjacent to an activating group) is 1. The van der Waals surface area contributed by atoms with Crippen molar-refractivity contribution in [3.8, 4) is 5.88 Å². The summed E-state index contributed by atoms with van der Waals surface area (Å²) >= 11 is 6.19. The number of aliphatic carboxylic acids is 1. The molecule has 9 nitrogen and oxygen atoms in total. The van der Waals surface area contributed by atoms with Crippen LogP contribution in [0, 0.1) is 0 Å². The van der Waals surface area contributed by atoms with E-state index in [2.05, 4.69) is 0 Å². The molecule has 0 unspecified atom stereocenters. The van der Waals surface area contributed by atoms with Crippen LogP contribution in [-0.2, 0) is 11.3 Å². The molecule has 1 saturated carbocycles. The zero-order valence-corrected chi connectivity index (χ0v) is 17.8. The molecule has 1 aromatic heterocycles. The van der Waals surface area contributed by atoms with Crippen LogP contribution in [0.2, 0.25) is 5.02 Å². The van der Waals surface area contributed by atoms with Crippen molar-refractivity contribution in [2.24, 2.45) is 0 Å². The highest BCUT2D eigenvalue weighted by Crippen LogP contribution is 2.30. The quantitative estimate of drug-likeness (QED) is 0.696. The second-order valence-corrected chi connectivity index (χ2v) is 8.09. The van der Waals surface area contributed by atoms with E-state index >= 15 is 0 Å². The van der Waals surface area contributed by atoms with Crippen molar-refractivity contribution >= 4 is 23.5 Å². The summed E-state index contributed by atoms with van der Waals surface area (Å²) in [6, 6.07) is 6.33. The lowest BCUT2D eigenvalue weighted by Crippen LogP contribution is -2.46. The molecule has 0 spiro atoms. The normalized spacial score (nSPS) is 14.4. The highest BCUT2D eigenvalue weighted by Gasteiger charge is 2.30. The molecule has 0 bridgehead atoms. The van der Waals surface area contributed by atoms with Gasteiger partial charge < -0.3 is 15.1 Å². The van der Waals surface area contributed by atoms with Gasteiger partial charge in [-0.3, -0.25) is 23.5 Å². The molecule has 0 saturated heterocycles. The van der Waals surface area contributed by atoms with Gasteiger partial charge in [0.1, 0.15) is 6.54 Å². The molecule has 1 aliphatic rings. The molecule has 2 aromatic rings. The molecule has 1 aliphatic carbocycles. The Morgan fingerprint density at radius 3 is 2.42 bits per heavy atom. The van der Waals surface area contributed by atoms with Gasteiger partial charge in [0.25, 0.3) is 11.5 Å². The van der Waals surface area contributed by atoms with Gasteiger partial charge in [0.05, 0.1) is 6.54 Å². The summed E-state index contributed by atoms with van der Waals surface area (Å²) in [7, 11) is 1.21. The summed E-state index contributed by atoms with van der Waals surface area (Å²) in [5.74, 6) is -2.96. The van der Waals surface area contributed by atoms with E-state index in [-0.39, 0.29) is 12.6 Å². The number of carboxylic acid groups (broad SMARTS) is 1. The lowest BCUT2D eigenvalue weighted by atomic mass is 9.95. The lowest BCUT2D eigenvalue weighted by molar-refractivity contribution is -0.137. The maximum absolute atomic E-state index is 13.3. The molecule has 1 aromatic carbocycles. The van der Waals surface area contributed by atoms with E-state index in [9.17, 15) is 24.3 Å². The van der Waals surface area contributed by atoms with Crippen molar-refractivity contribution in [2.75, 3.05) is 13.6 Å². The number of benzene rings is 1. The highest BCUT2D eigenvalue weighted by molar-refractivity contribution is 6.31. The van der Waals surface area contributed by atoms with E-state index in [1.165, 1.54) is 7.05 Å². The molecule has 0 atom stereocenters. The predicted molar refractivity (Wildman–Crippen MR) is 114 cm³/mol. The van der Waals surface area contributed by atoms with Crippen LogP contribution in [-0.4, -0.2) is 49.7 Å². The van der Waals surface area contributed by atoms with Gasteiger partial charge in [0, 0.05) is 18.1 Å². The third-order valence-corrected chi connectivity index (χ3v) is 5.88. The minimum Gasteiger partial charge on any atom is -0.494 e. The third-order valence-electron chi connectivity index (χ3n) is 5.51. The van der Waals surface area contributed by atoms with Crippen molar-refractivity contribution in [1.82, 2.24) is 14.0 Å². The summed E-state index contributed by atoms with van der Waals surface area (Å²) < 4.78 is 1.97. The fraction of sp³-hybridized carbons (Fsp3) is 0.429. The fourth-order valence-electron chi connectivity index (χ4n) is 3.92. The summed E-state index contributed by atoms with van der Waals surface area (Å²) in [5, 5.41) is 20.2. The summed E-state index contributed by atoms with van der Waals surface area (Å²) in [6.07, 6.45) is 3.94. The number of aromatic hydroxyl groups is 1. The van der Waals surface area contributed by atoms with Gasteiger partial charge in [-0.05, 0) is 24.5 Å². The number of nitrogens with zero attached hydrogens (tertiary/aromatic N) is 3. The first-order valence-electron chi connectivity index (χ1n) is 10.0. The van der Waals surface area contributed by atoms with Crippen molar-refractivity contribution in [2.45, 2.75) is 44.7 Å². The van der Waals surface area contributed by atoms with Crippen molar-refractivity contribution in [1.29, 1.82) is 0 Å². The molecular weight excluding hydrogens is 426 g/mol. The fourth-order valence-corrected chi connectivity index (χ4v) is 4.11. The summed E-state index contributed by atoms with van der Waals surface area (Å²) in [6.45, 7) is -0.849. The average Bonchev–Trinajstić information content (AvgIpc) is 2.72. The summed E-state index contributed by atoms with van der Waals surface area (Å²) in [5.41, 5.74) is -1.84. The molecule has 2 N–H and O–H groups in total. The van der Waals surface area contributed by atoms with Crippen molar-refractivity contribution in [3.63, 3.8) is 0 Å². The minimum atomic E-state index is -1.27. The van der Waals surface area contributed by atoms with Crippen LogP contribution in [0.3, 0.4) is 0 Å². The Hall–Kier alpha value is -3.07. The standard InChI is InChI=1S/C21H24ClN3O6/c1-23(12-16(26)27)18(28)17-19(29)24(11-13-7-5-6-10-15(13)22)21(31)25(20(17)30)14-8-3-2-4-9-14/h5-7,10,14,30H,2-4,8-9,11-12H2,1H3,(H,26,27). The first-order chi connectivity index (χ1) is 14.7. The zero-order chi connectivity index (χ0) is 22.7. The van der Waals surface area contributed by atoms with E-state index in [0.29, 0.717) is 23.4 Å². The molecule has 166 valence electrons. The molecule has 1 fully saturated rings. The molecule has 0 aliphatic heterocycles. The number of hydrogen-bond acceptors (Lipinski definition) is 5. The van der Waals surface area contributed by atoms with E-state index in [1.807, 2.05) is 0 Å². The van der Waals surface area contributed by atoms with Crippen molar-refractivity contribution in [3.05, 3.63) is 61.3 Å². The van der Waals surface area contributed by atoms with Crippen LogP contribution in [0.4, 0.5) is 0 Å². The van der Waals surface area contributed by atoms with Crippen molar-refractivity contribution < 1.29 is 19.8 Å². The van der Waals surface area contributed by atoms with Crippen LogP contribution in [0.25, 0.3) is 0 Å². The van der Waals surface area contributed by atoms with Gasteiger partial charge in [0.2, 0.25) is 5.88 Å². The predicted octanol–water partition coefficient (Wildman–Crippen LogP) is 2.08. The Bertz CT molecular complexity index is 1120. The molecule has 0 radical (unpaired) electrons. The van der Waals surface area contributed by atoms with Crippen LogP contribution in [0.1, 0.15) is 54.1 Å². The Kier molecular flexibility index (Phi) is 6.84. The van der Waals surface area contributed by atoms with Crippen LogP contribution >= 0.6 is 11.6 Å². The third kappa shape index (κ3) is 4.66. The van der Waals surface area contributed by atoms with Gasteiger partial charge in [0.15, 0.2) is 5.56 Å². The molecule has 1 heterocycles. The number of hydrogen-bond donors (Lipinski definition) is 2. The first kappa shape index (κ1) is 22.6. The van der Waals surface area contributed by atoms with Gasteiger partial charge in [-0.15, -0.1) is 0 Å². The Balaban J connectivity index is 2.21. The molecule has 1 amide bonds. The Morgan fingerprint density at radius 2 is 1.81 bits per heavy atom. The average molecular weight is 450 g/mol. The zero-order valence-electron chi connectivity index (χ0n) is 17.1. The molecular formula is C21H24ClN3O6. The van der Waals surface area contributed by atoms with Gasteiger partial charge in [-0.1, -0.05) is 49.1 Å². The maximum atomic E-state index is 13.3. The maximum Gasteiger partial charge on any atom is 0.334 e. The number of amides is 1. The number of aromatic nitrogens is 2. The van der Waals surface area contributed by atoms with Gasteiger partial charge >= 0.3 is 11.7 Å². The van der Waals surface area contributed by atoms with Crippen LogP contribution < -0.4 is 11.2 Å². The Labute approximate surface area is 183 Å². The highest BCUT2D eigenvalue weighted by atomic mass is 35.5. The SMILES string of the molecule is CN(CC(=O)O)C(=O)c1c(O)n(C2CCCCC2)c(=O)n(Cc2ccccc2Cl)c1=O. The van der Waals surface area contributed by atoms with Crippen LogP contribution in [0.5, 0.6) is 5.88 Å². The number of carbonyl (C=O) groups excluding carboxylic acids is 1. The number of halogens is 1. The van der Waals surface area contributed by atoms with E-state index in [4.69, 9.17) is 16.7 Å². The number of carbonyl (C=O) groups is 2. The number of rotatable bonds is 6. The molecule has 10 heteroatoms. The van der Waals surface area contributed by atoms with Gasteiger partial charge in [-0.2, -0.15) is 0 Å². The largest absolute Gasteiger partial charge is 0.494 e. The monoisotopic (exact) mass is 449 g/mol. The Morgan fingerprint density at radius 1 is 1.16 bits per heavy atom. The topological polar surface area (TPSA) is 122 Å². The number of carboxylic acids is 1.